The maximum atomic E-state index is 12.6. The molecule has 0 aromatic heterocycles. The highest BCUT2D eigenvalue weighted by Gasteiger charge is 2.66. The second-order valence-corrected chi connectivity index (χ2v) is 6.26. The number of para-hydroxylation sites is 2. The molecule has 2 fully saturated rings. The normalized spacial score (nSPS) is 23.5. The van der Waals surface area contributed by atoms with Gasteiger partial charge in [0.05, 0.1) is 5.69 Å². The summed E-state index contributed by atoms with van der Waals surface area (Å²) >= 11 is 2.15. The van der Waals surface area contributed by atoms with Gasteiger partial charge in [-0.3, -0.25) is 9.59 Å². The molecule has 2 aliphatic rings. The Morgan fingerprint density at radius 1 is 0.810 bits per heavy atom. The lowest BCUT2D eigenvalue weighted by Crippen LogP contribution is -2.39. The van der Waals surface area contributed by atoms with Crippen molar-refractivity contribution in [3.8, 4) is 0 Å². The zero-order valence-corrected chi connectivity index (χ0v) is 13.1. The molecule has 104 valence electrons. The van der Waals surface area contributed by atoms with Crippen molar-refractivity contribution in [2.24, 2.45) is 0 Å². The lowest BCUT2D eigenvalue weighted by molar-refractivity contribution is -0.122. The summed E-state index contributed by atoms with van der Waals surface area (Å²) in [7, 11) is 0. The summed E-state index contributed by atoms with van der Waals surface area (Å²) in [5, 5.41) is 0. The average Bonchev–Trinajstić information content (AvgIpc) is 3.20. The summed E-state index contributed by atoms with van der Waals surface area (Å²) in [6.07, 6.45) is 0. The number of hydrogen-bond donors (Lipinski definition) is 0. The molecule has 4 nitrogen and oxygen atoms in total. The van der Waals surface area contributed by atoms with Gasteiger partial charge in [-0.2, -0.15) is 0 Å². The summed E-state index contributed by atoms with van der Waals surface area (Å²) in [4.78, 5) is 28.3. The minimum atomic E-state index is -0.337. The van der Waals surface area contributed by atoms with Gasteiger partial charge in [0.15, 0.2) is 0 Å². The molecule has 0 spiro atoms. The van der Waals surface area contributed by atoms with Gasteiger partial charge < -0.3 is 4.90 Å². The van der Waals surface area contributed by atoms with Crippen LogP contribution in [0.25, 0.3) is 0 Å². The first-order chi connectivity index (χ1) is 10.2. The molecule has 21 heavy (non-hydrogen) atoms. The molecule has 2 atom stereocenters. The molecule has 0 unspecified atom stereocenters. The van der Waals surface area contributed by atoms with Gasteiger partial charge >= 0.3 is 0 Å². The molecule has 2 aromatic rings. The van der Waals surface area contributed by atoms with Crippen LogP contribution in [0.4, 0.5) is 11.4 Å². The lowest BCUT2D eigenvalue weighted by atomic mass is 10.3. The predicted octanol–water partition coefficient (Wildman–Crippen LogP) is 2.42. The number of amides is 2. The maximum absolute atomic E-state index is 12.6. The van der Waals surface area contributed by atoms with E-state index in [-0.39, 0.29) is 23.9 Å². The van der Waals surface area contributed by atoms with Crippen molar-refractivity contribution in [2.45, 2.75) is 12.1 Å². The third-order valence-electron chi connectivity index (χ3n) is 3.90. The van der Waals surface area contributed by atoms with E-state index in [1.54, 1.807) is 0 Å². The van der Waals surface area contributed by atoms with Gasteiger partial charge in [0.2, 0.25) is 0 Å². The van der Waals surface area contributed by atoms with Crippen LogP contribution in [0.3, 0.4) is 0 Å². The Morgan fingerprint density at radius 2 is 1.38 bits per heavy atom. The van der Waals surface area contributed by atoms with Crippen molar-refractivity contribution in [2.75, 3.05) is 9.80 Å². The molecule has 2 aromatic carbocycles. The van der Waals surface area contributed by atoms with Crippen molar-refractivity contribution < 1.29 is 9.59 Å². The fourth-order valence-corrected chi connectivity index (χ4v) is 3.53. The maximum Gasteiger partial charge on any atom is 0.259 e. The van der Waals surface area contributed by atoms with E-state index in [1.807, 2.05) is 59.5 Å². The Hall–Kier alpha value is -1.89. The van der Waals surface area contributed by atoms with Crippen LogP contribution in [0.5, 0.6) is 0 Å². The number of piperazine rings is 1. The average molecular weight is 390 g/mol. The van der Waals surface area contributed by atoms with E-state index in [0.717, 1.165) is 9.26 Å². The van der Waals surface area contributed by atoms with Crippen molar-refractivity contribution in [1.29, 1.82) is 0 Å². The molecule has 2 heterocycles. The molecule has 2 saturated heterocycles. The van der Waals surface area contributed by atoms with Crippen molar-refractivity contribution in [1.82, 2.24) is 0 Å². The molecule has 0 radical (unpaired) electrons. The van der Waals surface area contributed by atoms with E-state index >= 15 is 0 Å². The van der Waals surface area contributed by atoms with E-state index in [4.69, 9.17) is 0 Å². The third kappa shape index (κ3) is 1.80. The number of carbonyl (C=O) groups excluding carboxylic acids is 2. The molecule has 2 aliphatic heterocycles. The second-order valence-electron chi connectivity index (χ2n) is 5.10. The number of carbonyl (C=O) groups is 2. The quantitative estimate of drug-likeness (QED) is 0.449. The third-order valence-corrected chi connectivity index (χ3v) is 4.82. The highest BCUT2D eigenvalue weighted by molar-refractivity contribution is 14.1. The van der Waals surface area contributed by atoms with Crippen LogP contribution in [0, 0.1) is 3.57 Å². The van der Waals surface area contributed by atoms with Gasteiger partial charge in [-0.25, -0.2) is 4.90 Å². The van der Waals surface area contributed by atoms with Crippen LogP contribution in [0.2, 0.25) is 0 Å². The van der Waals surface area contributed by atoms with Crippen molar-refractivity contribution in [3.63, 3.8) is 0 Å². The molecular formula is C16H11IN2O2. The van der Waals surface area contributed by atoms with E-state index in [9.17, 15) is 9.59 Å². The van der Waals surface area contributed by atoms with E-state index in [2.05, 4.69) is 22.6 Å². The standard InChI is InChI=1S/C16H11IN2O2/c17-11-8-4-5-9-12(11)19-15(20)13-14(16(19)21)18(13)10-6-2-1-3-7-10/h1-9,13-14H/t13-,14-/m1/s1. The van der Waals surface area contributed by atoms with Crippen LogP contribution in [-0.2, 0) is 9.59 Å². The number of nitrogens with zero attached hydrogens (tertiary/aromatic N) is 2. The Balaban J connectivity index is 1.66. The predicted molar refractivity (Wildman–Crippen MR) is 88.1 cm³/mol. The summed E-state index contributed by atoms with van der Waals surface area (Å²) in [6, 6.07) is 16.4. The molecule has 2 amide bonds. The number of benzene rings is 2. The number of halogens is 1. The van der Waals surface area contributed by atoms with Crippen LogP contribution < -0.4 is 9.80 Å². The van der Waals surface area contributed by atoms with Gasteiger partial charge in [0, 0.05) is 9.26 Å². The first-order valence-electron chi connectivity index (χ1n) is 6.66. The Bertz CT molecular complexity index is 725. The Kier molecular flexibility index (Phi) is 2.78. The summed E-state index contributed by atoms with van der Waals surface area (Å²) in [5.41, 5.74) is 1.62. The molecule has 4 rings (SSSR count). The lowest BCUT2D eigenvalue weighted by Gasteiger charge is -2.21. The van der Waals surface area contributed by atoms with Gasteiger partial charge in [-0.05, 0) is 46.9 Å². The molecule has 0 bridgehead atoms. The molecule has 0 aliphatic carbocycles. The molecule has 0 N–H and O–H groups in total. The number of anilines is 2. The van der Waals surface area contributed by atoms with Gasteiger partial charge in [-0.1, -0.05) is 30.3 Å². The summed E-state index contributed by atoms with van der Waals surface area (Å²) in [5.74, 6) is -0.254. The molecular weight excluding hydrogens is 379 g/mol. The zero-order valence-electron chi connectivity index (χ0n) is 10.9. The summed E-state index contributed by atoms with van der Waals surface area (Å²) in [6.45, 7) is 0. The fraction of sp³-hybridized carbons (Fsp3) is 0.125. The number of rotatable bonds is 2. The number of fused-ring (bicyclic) bond motifs is 1. The summed E-state index contributed by atoms with van der Waals surface area (Å²) < 4.78 is 0.907. The van der Waals surface area contributed by atoms with Crippen molar-refractivity contribution >= 4 is 45.8 Å². The zero-order chi connectivity index (χ0) is 14.6. The molecule has 0 saturated carbocycles. The van der Waals surface area contributed by atoms with E-state index < -0.39 is 0 Å². The highest BCUT2D eigenvalue weighted by Crippen LogP contribution is 2.44. The fourth-order valence-electron chi connectivity index (χ4n) is 2.90. The van der Waals surface area contributed by atoms with Crippen LogP contribution >= 0.6 is 22.6 Å². The van der Waals surface area contributed by atoms with E-state index in [1.165, 1.54) is 4.90 Å². The number of hydrogen-bond acceptors (Lipinski definition) is 3. The van der Waals surface area contributed by atoms with Gasteiger partial charge in [0.1, 0.15) is 12.1 Å². The largest absolute Gasteiger partial charge is 0.343 e. The van der Waals surface area contributed by atoms with Gasteiger partial charge in [0.25, 0.3) is 11.8 Å². The number of imide groups is 1. The first-order valence-corrected chi connectivity index (χ1v) is 7.74. The minimum absolute atomic E-state index is 0.127. The Labute approximate surface area is 135 Å². The highest BCUT2D eigenvalue weighted by atomic mass is 127. The Morgan fingerprint density at radius 3 is 2.00 bits per heavy atom. The van der Waals surface area contributed by atoms with E-state index in [0.29, 0.717) is 5.69 Å². The van der Waals surface area contributed by atoms with Crippen LogP contribution in [-0.4, -0.2) is 23.9 Å². The van der Waals surface area contributed by atoms with Gasteiger partial charge in [-0.15, -0.1) is 0 Å². The SMILES string of the molecule is O=C1[C@H]2[C@H](C(=O)N1c1ccccc1I)N2c1ccccc1. The van der Waals surface area contributed by atoms with Crippen LogP contribution in [0.15, 0.2) is 54.6 Å². The first kappa shape index (κ1) is 12.8. The smallest absolute Gasteiger partial charge is 0.259 e. The minimum Gasteiger partial charge on any atom is -0.343 e. The second kappa shape index (κ2) is 4.56. The molecule has 5 heteroatoms. The topological polar surface area (TPSA) is 40.4 Å². The van der Waals surface area contributed by atoms with Crippen LogP contribution in [0.1, 0.15) is 0 Å². The monoisotopic (exact) mass is 390 g/mol. The van der Waals surface area contributed by atoms with Crippen molar-refractivity contribution in [3.05, 3.63) is 58.2 Å².